The standard InChI is InChI=1S/C23H26ClN3O/c1-3-6-17-11-13-26-22(14-17)27(20-8-5-12-25-16-20)23(28)19-9-10-21(24)18(15-19)7-4-2/h3-4,9-11,13-15,20,25H,1-2,5-8,12,16H2/t20-/m1/s1. The average molecular weight is 396 g/mol. The van der Waals surface area contributed by atoms with E-state index in [1.54, 1.807) is 24.4 Å². The molecule has 2 heterocycles. The Morgan fingerprint density at radius 2 is 2.07 bits per heavy atom. The van der Waals surface area contributed by atoms with Crippen molar-refractivity contribution in [3.05, 3.63) is 83.6 Å². The first-order valence-electron chi connectivity index (χ1n) is 9.63. The van der Waals surface area contributed by atoms with E-state index < -0.39 is 0 Å². The number of carbonyl (C=O) groups is 1. The molecule has 1 saturated heterocycles. The van der Waals surface area contributed by atoms with Crippen molar-refractivity contribution in [3.8, 4) is 0 Å². The van der Waals surface area contributed by atoms with Crippen LogP contribution in [-0.4, -0.2) is 30.0 Å². The molecule has 0 aliphatic carbocycles. The van der Waals surface area contributed by atoms with Crippen LogP contribution in [0, 0.1) is 0 Å². The zero-order valence-electron chi connectivity index (χ0n) is 16.0. The molecular formula is C23H26ClN3O. The van der Waals surface area contributed by atoms with E-state index in [-0.39, 0.29) is 11.9 Å². The molecule has 4 nitrogen and oxygen atoms in total. The number of nitrogens with one attached hydrogen (secondary N) is 1. The normalized spacial score (nSPS) is 16.4. The molecule has 5 heteroatoms. The highest BCUT2D eigenvalue weighted by molar-refractivity contribution is 6.31. The largest absolute Gasteiger partial charge is 0.315 e. The molecule has 1 aliphatic heterocycles. The van der Waals surface area contributed by atoms with Crippen molar-refractivity contribution >= 4 is 23.3 Å². The van der Waals surface area contributed by atoms with Gasteiger partial charge < -0.3 is 5.32 Å². The first-order valence-corrected chi connectivity index (χ1v) is 10.0. The lowest BCUT2D eigenvalue weighted by molar-refractivity contribution is 0.0971. The summed E-state index contributed by atoms with van der Waals surface area (Å²) in [4.78, 5) is 19.9. The minimum absolute atomic E-state index is 0.0565. The predicted molar refractivity (Wildman–Crippen MR) is 116 cm³/mol. The summed E-state index contributed by atoms with van der Waals surface area (Å²) in [5.41, 5.74) is 2.60. The topological polar surface area (TPSA) is 45.2 Å². The van der Waals surface area contributed by atoms with E-state index in [4.69, 9.17) is 11.6 Å². The zero-order valence-corrected chi connectivity index (χ0v) is 16.8. The molecule has 1 aromatic heterocycles. The number of benzene rings is 1. The average Bonchev–Trinajstić information content (AvgIpc) is 2.71. The minimum atomic E-state index is -0.0565. The maximum atomic E-state index is 13.6. The van der Waals surface area contributed by atoms with Gasteiger partial charge in [0, 0.05) is 23.3 Å². The van der Waals surface area contributed by atoms with Gasteiger partial charge in [0.25, 0.3) is 5.91 Å². The van der Waals surface area contributed by atoms with Crippen molar-refractivity contribution in [1.29, 1.82) is 0 Å². The van der Waals surface area contributed by atoms with Crippen molar-refractivity contribution in [1.82, 2.24) is 10.3 Å². The number of hydrogen-bond acceptors (Lipinski definition) is 3. The fraction of sp³-hybridized carbons (Fsp3) is 0.304. The van der Waals surface area contributed by atoms with Gasteiger partial charge in [-0.3, -0.25) is 9.69 Å². The van der Waals surface area contributed by atoms with Crippen LogP contribution < -0.4 is 10.2 Å². The fourth-order valence-electron chi connectivity index (χ4n) is 3.56. The van der Waals surface area contributed by atoms with E-state index in [0.717, 1.165) is 43.5 Å². The molecule has 0 saturated carbocycles. The molecule has 3 rings (SSSR count). The van der Waals surface area contributed by atoms with Crippen molar-refractivity contribution in [2.45, 2.75) is 31.7 Å². The van der Waals surface area contributed by atoms with Crippen LogP contribution in [0.25, 0.3) is 0 Å². The maximum absolute atomic E-state index is 13.6. The van der Waals surface area contributed by atoms with Gasteiger partial charge in [0.15, 0.2) is 0 Å². The van der Waals surface area contributed by atoms with Gasteiger partial charge in [-0.25, -0.2) is 4.98 Å². The van der Waals surface area contributed by atoms with Gasteiger partial charge >= 0.3 is 0 Å². The molecule has 1 N–H and O–H groups in total. The molecule has 1 aromatic carbocycles. The fourth-order valence-corrected chi connectivity index (χ4v) is 3.75. The molecule has 0 radical (unpaired) electrons. The summed E-state index contributed by atoms with van der Waals surface area (Å²) in [6.45, 7) is 9.32. The summed E-state index contributed by atoms with van der Waals surface area (Å²) in [6.07, 6.45) is 8.74. The summed E-state index contributed by atoms with van der Waals surface area (Å²) in [5, 5.41) is 4.05. The van der Waals surface area contributed by atoms with E-state index >= 15 is 0 Å². The van der Waals surface area contributed by atoms with Gasteiger partial charge in [0.2, 0.25) is 0 Å². The Hall–Kier alpha value is -2.43. The lowest BCUT2D eigenvalue weighted by atomic mass is 10.0. The van der Waals surface area contributed by atoms with Crippen LogP contribution in [0.5, 0.6) is 0 Å². The number of hydrogen-bond donors (Lipinski definition) is 1. The molecule has 1 fully saturated rings. The smallest absolute Gasteiger partial charge is 0.259 e. The lowest BCUT2D eigenvalue weighted by Crippen LogP contribution is -2.49. The number of carbonyl (C=O) groups excluding carboxylic acids is 1. The summed E-state index contributed by atoms with van der Waals surface area (Å²) in [7, 11) is 0. The van der Waals surface area contributed by atoms with Crippen LogP contribution in [-0.2, 0) is 12.8 Å². The van der Waals surface area contributed by atoms with Crippen molar-refractivity contribution in [2.24, 2.45) is 0 Å². The Bertz CT molecular complexity index is 859. The van der Waals surface area contributed by atoms with Gasteiger partial charge in [0.1, 0.15) is 5.82 Å². The summed E-state index contributed by atoms with van der Waals surface area (Å²) in [6, 6.07) is 9.43. The number of piperidine rings is 1. The molecule has 0 bridgehead atoms. The van der Waals surface area contributed by atoms with Crippen molar-refractivity contribution in [2.75, 3.05) is 18.0 Å². The van der Waals surface area contributed by atoms with E-state index in [9.17, 15) is 4.79 Å². The third-order valence-corrected chi connectivity index (χ3v) is 5.32. The Labute approximate surface area is 171 Å². The van der Waals surface area contributed by atoms with Gasteiger partial charge in [-0.2, -0.15) is 0 Å². The zero-order chi connectivity index (χ0) is 19.9. The SMILES string of the molecule is C=CCc1ccnc(N(C(=O)c2ccc(Cl)c(CC=C)c2)[C@@H]2CCCNC2)c1. The van der Waals surface area contributed by atoms with Gasteiger partial charge in [-0.1, -0.05) is 23.8 Å². The van der Waals surface area contributed by atoms with Crippen LogP contribution in [0.1, 0.15) is 34.3 Å². The second kappa shape index (κ2) is 9.67. The van der Waals surface area contributed by atoms with E-state index in [1.807, 2.05) is 29.2 Å². The molecule has 0 spiro atoms. The summed E-state index contributed by atoms with van der Waals surface area (Å²) < 4.78 is 0. The number of aromatic nitrogens is 1. The van der Waals surface area contributed by atoms with Crippen LogP contribution in [0.4, 0.5) is 5.82 Å². The summed E-state index contributed by atoms with van der Waals surface area (Å²) >= 11 is 6.28. The number of allylic oxidation sites excluding steroid dienone is 2. The Balaban J connectivity index is 2.00. The third kappa shape index (κ3) is 4.70. The van der Waals surface area contributed by atoms with E-state index in [2.05, 4.69) is 23.5 Å². The van der Waals surface area contributed by atoms with Crippen LogP contribution in [0.2, 0.25) is 5.02 Å². The van der Waals surface area contributed by atoms with Crippen molar-refractivity contribution in [3.63, 3.8) is 0 Å². The maximum Gasteiger partial charge on any atom is 0.259 e. The first-order chi connectivity index (χ1) is 13.6. The highest BCUT2D eigenvalue weighted by Gasteiger charge is 2.29. The molecule has 146 valence electrons. The van der Waals surface area contributed by atoms with Crippen LogP contribution in [0.3, 0.4) is 0 Å². The minimum Gasteiger partial charge on any atom is -0.315 e. The number of anilines is 1. The first kappa shape index (κ1) is 20.3. The Kier molecular flexibility index (Phi) is 7.01. The second-order valence-electron chi connectivity index (χ2n) is 6.99. The molecule has 0 unspecified atom stereocenters. The molecule has 1 atom stereocenters. The third-order valence-electron chi connectivity index (χ3n) is 4.95. The van der Waals surface area contributed by atoms with Crippen LogP contribution >= 0.6 is 11.6 Å². The monoisotopic (exact) mass is 395 g/mol. The number of rotatable bonds is 7. The predicted octanol–water partition coefficient (Wildman–Crippen LogP) is 4.59. The molecule has 28 heavy (non-hydrogen) atoms. The second-order valence-corrected chi connectivity index (χ2v) is 7.40. The Morgan fingerprint density at radius 1 is 1.25 bits per heavy atom. The summed E-state index contributed by atoms with van der Waals surface area (Å²) in [5.74, 6) is 0.622. The number of pyridine rings is 1. The number of nitrogens with zero attached hydrogens (tertiary/aromatic N) is 2. The molecule has 1 aliphatic rings. The lowest BCUT2D eigenvalue weighted by Gasteiger charge is -2.34. The van der Waals surface area contributed by atoms with Crippen molar-refractivity contribution < 1.29 is 4.79 Å². The highest BCUT2D eigenvalue weighted by Crippen LogP contribution is 2.25. The van der Waals surface area contributed by atoms with Crippen LogP contribution in [0.15, 0.2) is 61.8 Å². The van der Waals surface area contributed by atoms with Gasteiger partial charge in [0.05, 0.1) is 6.04 Å². The van der Waals surface area contributed by atoms with E-state index in [0.29, 0.717) is 22.8 Å². The molecule has 2 aromatic rings. The molecular weight excluding hydrogens is 370 g/mol. The number of halogens is 1. The number of amides is 1. The van der Waals surface area contributed by atoms with Gasteiger partial charge in [-0.05, 0) is 73.7 Å². The van der Waals surface area contributed by atoms with E-state index in [1.165, 1.54) is 0 Å². The highest BCUT2D eigenvalue weighted by atomic mass is 35.5. The quantitative estimate of drug-likeness (QED) is 0.697. The Morgan fingerprint density at radius 3 is 2.79 bits per heavy atom. The molecule has 1 amide bonds. The van der Waals surface area contributed by atoms with Gasteiger partial charge in [-0.15, -0.1) is 13.2 Å².